The van der Waals surface area contributed by atoms with Gasteiger partial charge in [0, 0.05) is 23.6 Å². The second-order valence-electron chi connectivity index (χ2n) is 10.0. The number of aromatic nitrogens is 2. The molecule has 0 amide bonds. The third kappa shape index (κ3) is 4.07. The monoisotopic (exact) mass is 551 g/mol. The number of phenolic OH excluding ortho intramolecular Hbond substituents is 1. The first-order chi connectivity index (χ1) is 17.1. The highest BCUT2D eigenvalue weighted by atomic mass is 79.9. The van der Waals surface area contributed by atoms with E-state index in [1.807, 2.05) is 44.2 Å². The zero-order valence-electron chi connectivity index (χ0n) is 20.1. The Kier molecular flexibility index (Phi) is 5.90. The van der Waals surface area contributed by atoms with E-state index in [4.69, 9.17) is 4.74 Å². The Bertz CT molecular complexity index is 1540. The number of allylic oxidation sites excluding steroid dienone is 2. The van der Waals surface area contributed by atoms with Gasteiger partial charge in [-0.1, -0.05) is 44.2 Å². The minimum atomic E-state index is -0.753. The summed E-state index contributed by atoms with van der Waals surface area (Å²) in [4.78, 5) is 42.4. The number of ether oxygens (including phenoxy) is 1. The second kappa shape index (κ2) is 8.81. The fourth-order valence-corrected chi connectivity index (χ4v) is 5.68. The van der Waals surface area contributed by atoms with Crippen LogP contribution >= 0.6 is 15.9 Å². The van der Waals surface area contributed by atoms with Gasteiger partial charge in [0.2, 0.25) is 0 Å². The molecule has 0 saturated carbocycles. The third-order valence-electron chi connectivity index (χ3n) is 6.79. The van der Waals surface area contributed by atoms with Crippen molar-refractivity contribution in [2.24, 2.45) is 5.41 Å². The normalized spacial score (nSPS) is 18.3. The number of carbonyl (C=O) groups excluding carboxylic acids is 1. The Hall–Kier alpha value is -3.59. The molecule has 0 radical (unpaired) electrons. The number of nitrogens with one attached hydrogen (secondary N) is 2. The van der Waals surface area contributed by atoms with Crippen LogP contribution < -0.4 is 21.3 Å². The van der Waals surface area contributed by atoms with E-state index in [0.29, 0.717) is 40.0 Å². The van der Waals surface area contributed by atoms with Crippen molar-refractivity contribution >= 4 is 27.5 Å². The smallest absolute Gasteiger partial charge is 0.330 e. The molecule has 1 atom stereocenters. The highest BCUT2D eigenvalue weighted by Gasteiger charge is 2.43. The second-order valence-corrected chi connectivity index (χ2v) is 10.9. The van der Waals surface area contributed by atoms with Gasteiger partial charge in [-0.25, -0.2) is 4.79 Å². The van der Waals surface area contributed by atoms with Crippen LogP contribution in [0.2, 0.25) is 0 Å². The summed E-state index contributed by atoms with van der Waals surface area (Å²) < 4.78 is 7.23. The molecule has 8 nitrogen and oxygen atoms in total. The van der Waals surface area contributed by atoms with E-state index in [1.54, 1.807) is 12.1 Å². The van der Waals surface area contributed by atoms with Crippen LogP contribution in [-0.4, -0.2) is 27.6 Å². The van der Waals surface area contributed by atoms with Crippen LogP contribution in [0.25, 0.3) is 0 Å². The van der Waals surface area contributed by atoms with Gasteiger partial charge in [0.05, 0.1) is 23.7 Å². The number of Topliss-reactive ketones (excluding diaryl/α,β-unsaturated/α-hetero) is 1. The Morgan fingerprint density at radius 2 is 1.86 bits per heavy atom. The summed E-state index contributed by atoms with van der Waals surface area (Å²) in [6.07, 6.45) is 0.907. The predicted octanol–water partition coefficient (Wildman–Crippen LogP) is 4.26. The molecule has 0 spiro atoms. The number of carbonyl (C=O) groups is 1. The van der Waals surface area contributed by atoms with Gasteiger partial charge >= 0.3 is 5.69 Å². The van der Waals surface area contributed by atoms with Gasteiger partial charge in [-0.05, 0) is 51.0 Å². The Balaban J connectivity index is 1.80. The van der Waals surface area contributed by atoms with E-state index in [2.05, 4.69) is 26.2 Å². The maximum absolute atomic E-state index is 13.5. The average molecular weight is 552 g/mol. The number of rotatable bonds is 4. The van der Waals surface area contributed by atoms with Crippen LogP contribution in [-0.2, 0) is 11.3 Å². The average Bonchev–Trinajstić information content (AvgIpc) is 2.82. The summed E-state index contributed by atoms with van der Waals surface area (Å²) in [7, 11) is 1.44. The number of hydrogen-bond acceptors (Lipinski definition) is 6. The minimum absolute atomic E-state index is 0.0622. The summed E-state index contributed by atoms with van der Waals surface area (Å²) in [5.74, 6) is -0.322. The quantitative estimate of drug-likeness (QED) is 0.446. The SMILES string of the molecule is COc1cc(C2C3=C(CC(C)(C)CC3=O)Nc3c2c(=O)[nH]c(=O)n3Cc2ccccc2)cc(Br)c1O. The van der Waals surface area contributed by atoms with Gasteiger partial charge in [0.15, 0.2) is 17.3 Å². The van der Waals surface area contributed by atoms with Gasteiger partial charge < -0.3 is 15.2 Å². The topological polar surface area (TPSA) is 113 Å². The molecule has 1 aromatic heterocycles. The van der Waals surface area contributed by atoms with Gasteiger partial charge in [-0.15, -0.1) is 0 Å². The molecule has 3 aromatic rings. The van der Waals surface area contributed by atoms with Gasteiger partial charge in [0.25, 0.3) is 5.56 Å². The molecular formula is C27H26BrN3O5. The number of benzene rings is 2. The molecule has 3 N–H and O–H groups in total. The first-order valence-corrected chi connectivity index (χ1v) is 12.4. The summed E-state index contributed by atoms with van der Waals surface area (Å²) >= 11 is 3.37. The Morgan fingerprint density at radius 3 is 2.56 bits per heavy atom. The molecule has 0 fully saturated rings. The number of methoxy groups -OCH3 is 1. The van der Waals surface area contributed by atoms with E-state index >= 15 is 0 Å². The molecule has 0 bridgehead atoms. The highest BCUT2D eigenvalue weighted by molar-refractivity contribution is 9.10. The number of fused-ring (bicyclic) bond motifs is 1. The van der Waals surface area contributed by atoms with Crippen molar-refractivity contribution in [2.45, 2.75) is 39.2 Å². The van der Waals surface area contributed by atoms with Crippen LogP contribution in [0.5, 0.6) is 11.5 Å². The lowest BCUT2D eigenvalue weighted by atomic mass is 9.69. The van der Waals surface area contributed by atoms with Crippen LogP contribution in [0.3, 0.4) is 0 Å². The molecule has 186 valence electrons. The summed E-state index contributed by atoms with van der Waals surface area (Å²) in [5, 5.41) is 13.7. The number of aromatic amines is 1. The first kappa shape index (κ1) is 24.1. The van der Waals surface area contributed by atoms with Crippen LogP contribution in [0.4, 0.5) is 5.82 Å². The van der Waals surface area contributed by atoms with Crippen molar-refractivity contribution in [1.82, 2.24) is 9.55 Å². The zero-order valence-corrected chi connectivity index (χ0v) is 21.7. The Labute approximate surface area is 215 Å². The highest BCUT2D eigenvalue weighted by Crippen LogP contribution is 2.49. The summed E-state index contributed by atoms with van der Waals surface area (Å²) in [5.41, 5.74) is 1.56. The van der Waals surface area contributed by atoms with Crippen molar-refractivity contribution < 1.29 is 14.6 Å². The minimum Gasteiger partial charge on any atom is -0.503 e. The first-order valence-electron chi connectivity index (χ1n) is 11.6. The molecule has 2 aliphatic rings. The number of hydrogen-bond donors (Lipinski definition) is 3. The van der Waals surface area contributed by atoms with Crippen molar-refractivity contribution in [3.63, 3.8) is 0 Å². The molecular weight excluding hydrogens is 526 g/mol. The van der Waals surface area contributed by atoms with E-state index in [9.17, 15) is 19.5 Å². The molecule has 5 rings (SSSR count). The third-order valence-corrected chi connectivity index (χ3v) is 7.39. The summed E-state index contributed by atoms with van der Waals surface area (Å²) in [6, 6.07) is 12.8. The van der Waals surface area contributed by atoms with Gasteiger partial charge in [0.1, 0.15) is 5.82 Å². The van der Waals surface area contributed by atoms with E-state index in [1.165, 1.54) is 11.7 Å². The van der Waals surface area contributed by atoms with Crippen molar-refractivity contribution in [1.29, 1.82) is 0 Å². The lowest BCUT2D eigenvalue weighted by Crippen LogP contribution is -2.42. The zero-order chi connectivity index (χ0) is 25.8. The molecule has 9 heteroatoms. The fourth-order valence-electron chi connectivity index (χ4n) is 5.22. The molecule has 1 aliphatic carbocycles. The van der Waals surface area contributed by atoms with Crippen molar-refractivity contribution in [3.05, 3.63) is 95.7 Å². The number of anilines is 1. The standard InChI is InChI=1S/C27H26BrN3O5/c1-27(2)11-17-21(18(32)12-27)20(15-9-16(28)23(33)19(10-15)36-3)22-24(29-17)31(26(35)30-25(22)34)13-14-7-5-4-6-8-14/h4-10,20,29,33H,11-13H2,1-3H3,(H,30,34,35). The van der Waals surface area contributed by atoms with Gasteiger partial charge in [-0.3, -0.25) is 19.1 Å². The molecule has 2 heterocycles. The lowest BCUT2D eigenvalue weighted by molar-refractivity contribution is -0.118. The Morgan fingerprint density at radius 1 is 1.14 bits per heavy atom. The lowest BCUT2D eigenvalue weighted by Gasteiger charge is -2.39. The number of ketones is 1. The molecule has 0 saturated heterocycles. The van der Waals surface area contributed by atoms with Crippen molar-refractivity contribution in [2.75, 3.05) is 12.4 Å². The van der Waals surface area contributed by atoms with E-state index < -0.39 is 17.2 Å². The maximum Gasteiger partial charge on any atom is 0.330 e. The van der Waals surface area contributed by atoms with E-state index in [-0.39, 0.29) is 34.8 Å². The number of H-pyrrole nitrogens is 1. The van der Waals surface area contributed by atoms with Gasteiger partial charge in [-0.2, -0.15) is 0 Å². The number of nitrogens with zero attached hydrogens (tertiary/aromatic N) is 1. The van der Waals surface area contributed by atoms with E-state index in [0.717, 1.165) is 5.56 Å². The maximum atomic E-state index is 13.5. The molecule has 36 heavy (non-hydrogen) atoms. The fraction of sp³-hybridized carbons (Fsp3) is 0.296. The number of halogens is 1. The molecule has 1 aliphatic heterocycles. The largest absolute Gasteiger partial charge is 0.503 e. The number of phenols is 1. The van der Waals surface area contributed by atoms with Crippen LogP contribution in [0.15, 0.2) is 67.8 Å². The van der Waals surface area contributed by atoms with Crippen LogP contribution in [0, 0.1) is 5.41 Å². The molecule has 1 unspecified atom stereocenters. The molecule has 2 aromatic carbocycles. The predicted molar refractivity (Wildman–Crippen MR) is 140 cm³/mol. The summed E-state index contributed by atoms with van der Waals surface area (Å²) in [6.45, 7) is 4.28. The van der Waals surface area contributed by atoms with Crippen molar-refractivity contribution in [3.8, 4) is 11.5 Å². The number of aromatic hydroxyl groups is 1. The van der Waals surface area contributed by atoms with Crippen LogP contribution in [0.1, 0.15) is 49.3 Å².